The summed E-state index contributed by atoms with van der Waals surface area (Å²) in [5, 5.41) is 0. The third-order valence-electron chi connectivity index (χ3n) is 2.93. The summed E-state index contributed by atoms with van der Waals surface area (Å²) in [5.41, 5.74) is 8.16. The molecule has 0 aliphatic rings. The van der Waals surface area contributed by atoms with Crippen LogP contribution in [0.25, 0.3) is 0 Å². The number of nitrogens with zero attached hydrogens (tertiary/aromatic N) is 2. The molecule has 1 aromatic heterocycles. The van der Waals surface area contributed by atoms with E-state index in [0.717, 1.165) is 16.9 Å². The van der Waals surface area contributed by atoms with Gasteiger partial charge in [0.05, 0.1) is 6.61 Å². The number of hydrogen-bond donors (Lipinski definition) is 1. The van der Waals surface area contributed by atoms with Crippen LogP contribution in [-0.2, 0) is 11.3 Å². The molecule has 0 amide bonds. The molecular formula is C16H19N3O3. The number of hydrogen-bond acceptors (Lipinski definition) is 6. The SMILES string of the molecule is CCOC(=O)c1cnc(COc2cc(C)cc(C)c2)nc1N. The van der Waals surface area contributed by atoms with E-state index in [1.807, 2.05) is 26.0 Å². The van der Waals surface area contributed by atoms with Gasteiger partial charge in [-0.05, 0) is 44.0 Å². The minimum absolute atomic E-state index is 0.0903. The van der Waals surface area contributed by atoms with Crippen molar-refractivity contribution < 1.29 is 14.3 Å². The highest BCUT2D eigenvalue weighted by atomic mass is 16.5. The number of ether oxygens (including phenoxy) is 2. The molecule has 0 saturated heterocycles. The van der Waals surface area contributed by atoms with Crippen molar-refractivity contribution in [2.75, 3.05) is 12.3 Å². The van der Waals surface area contributed by atoms with Gasteiger partial charge in [0.25, 0.3) is 0 Å². The maximum Gasteiger partial charge on any atom is 0.343 e. The smallest absolute Gasteiger partial charge is 0.343 e. The van der Waals surface area contributed by atoms with Crippen molar-refractivity contribution in [1.82, 2.24) is 9.97 Å². The fourth-order valence-electron chi connectivity index (χ4n) is 2.03. The van der Waals surface area contributed by atoms with Crippen LogP contribution in [-0.4, -0.2) is 22.5 Å². The van der Waals surface area contributed by atoms with E-state index in [1.54, 1.807) is 6.92 Å². The Morgan fingerprint density at radius 3 is 2.50 bits per heavy atom. The Labute approximate surface area is 129 Å². The second kappa shape index (κ2) is 6.89. The highest BCUT2D eigenvalue weighted by molar-refractivity contribution is 5.93. The van der Waals surface area contributed by atoms with Crippen LogP contribution in [0.1, 0.15) is 34.2 Å². The van der Waals surface area contributed by atoms with Gasteiger partial charge >= 0.3 is 5.97 Å². The van der Waals surface area contributed by atoms with Gasteiger partial charge in [0.2, 0.25) is 0 Å². The Bertz CT molecular complexity index is 666. The quantitative estimate of drug-likeness (QED) is 0.853. The van der Waals surface area contributed by atoms with Crippen LogP contribution < -0.4 is 10.5 Å². The van der Waals surface area contributed by atoms with Crippen LogP contribution in [0, 0.1) is 13.8 Å². The Morgan fingerprint density at radius 2 is 1.91 bits per heavy atom. The summed E-state index contributed by atoms with van der Waals surface area (Å²) in [6.45, 7) is 6.18. The molecule has 6 heteroatoms. The van der Waals surface area contributed by atoms with Crippen LogP contribution in [0.15, 0.2) is 24.4 Å². The molecule has 2 rings (SSSR count). The van der Waals surface area contributed by atoms with Gasteiger partial charge in [-0.25, -0.2) is 14.8 Å². The first kappa shape index (κ1) is 15.8. The lowest BCUT2D eigenvalue weighted by molar-refractivity contribution is 0.0526. The van der Waals surface area contributed by atoms with Crippen molar-refractivity contribution in [1.29, 1.82) is 0 Å². The van der Waals surface area contributed by atoms with Crippen molar-refractivity contribution in [2.45, 2.75) is 27.4 Å². The summed E-state index contributed by atoms with van der Waals surface area (Å²) in [6.07, 6.45) is 1.36. The lowest BCUT2D eigenvalue weighted by atomic mass is 10.1. The van der Waals surface area contributed by atoms with Gasteiger partial charge in [0, 0.05) is 6.20 Å². The fraction of sp³-hybridized carbons (Fsp3) is 0.312. The van der Waals surface area contributed by atoms with Crippen molar-refractivity contribution in [3.8, 4) is 5.75 Å². The summed E-state index contributed by atoms with van der Waals surface area (Å²) in [7, 11) is 0. The van der Waals surface area contributed by atoms with Gasteiger partial charge in [0.15, 0.2) is 5.82 Å². The van der Waals surface area contributed by atoms with Crippen molar-refractivity contribution in [2.24, 2.45) is 0 Å². The summed E-state index contributed by atoms with van der Waals surface area (Å²) < 4.78 is 10.5. The summed E-state index contributed by atoms with van der Waals surface area (Å²) >= 11 is 0. The van der Waals surface area contributed by atoms with Crippen LogP contribution >= 0.6 is 0 Å². The lowest BCUT2D eigenvalue weighted by Crippen LogP contribution is -2.12. The van der Waals surface area contributed by atoms with E-state index in [-0.39, 0.29) is 24.6 Å². The van der Waals surface area contributed by atoms with Crippen molar-refractivity contribution in [3.05, 3.63) is 46.9 Å². The number of rotatable bonds is 5. The monoisotopic (exact) mass is 301 g/mol. The zero-order chi connectivity index (χ0) is 16.1. The van der Waals surface area contributed by atoms with Crippen molar-refractivity contribution in [3.63, 3.8) is 0 Å². The maximum absolute atomic E-state index is 11.6. The van der Waals surface area contributed by atoms with Gasteiger partial charge in [-0.3, -0.25) is 0 Å². The molecule has 0 aliphatic heterocycles. The Morgan fingerprint density at radius 1 is 1.23 bits per heavy atom. The molecule has 0 radical (unpaired) electrons. The maximum atomic E-state index is 11.6. The summed E-state index contributed by atoms with van der Waals surface area (Å²) in [4.78, 5) is 19.8. The van der Waals surface area contributed by atoms with E-state index in [4.69, 9.17) is 15.2 Å². The molecule has 0 bridgehead atoms. The number of nitrogens with two attached hydrogens (primary N) is 1. The predicted octanol–water partition coefficient (Wildman–Crippen LogP) is 2.43. The van der Waals surface area contributed by atoms with Crippen LogP contribution in [0.4, 0.5) is 5.82 Å². The van der Waals surface area contributed by atoms with Gasteiger partial charge in [-0.15, -0.1) is 0 Å². The summed E-state index contributed by atoms with van der Waals surface area (Å²) in [6, 6.07) is 5.93. The van der Waals surface area contributed by atoms with Gasteiger partial charge in [-0.2, -0.15) is 0 Å². The molecule has 0 spiro atoms. The van der Waals surface area contributed by atoms with Crippen LogP contribution in [0.2, 0.25) is 0 Å². The van der Waals surface area contributed by atoms with E-state index in [9.17, 15) is 4.79 Å². The average molecular weight is 301 g/mol. The highest BCUT2D eigenvalue weighted by Gasteiger charge is 2.13. The molecule has 0 atom stereocenters. The fourth-order valence-corrected chi connectivity index (χ4v) is 2.03. The number of benzene rings is 1. The zero-order valence-corrected chi connectivity index (χ0v) is 12.9. The van der Waals surface area contributed by atoms with E-state index in [0.29, 0.717) is 5.82 Å². The molecule has 2 aromatic rings. The zero-order valence-electron chi connectivity index (χ0n) is 12.9. The van der Waals surface area contributed by atoms with Gasteiger partial charge in [0.1, 0.15) is 23.7 Å². The molecular weight excluding hydrogens is 282 g/mol. The van der Waals surface area contributed by atoms with Gasteiger partial charge in [-0.1, -0.05) is 6.07 Å². The summed E-state index contributed by atoms with van der Waals surface area (Å²) in [5.74, 6) is 0.716. The Kier molecular flexibility index (Phi) is 4.93. The third-order valence-corrected chi connectivity index (χ3v) is 2.93. The highest BCUT2D eigenvalue weighted by Crippen LogP contribution is 2.17. The first-order valence-electron chi connectivity index (χ1n) is 6.99. The van der Waals surface area contributed by atoms with Crippen LogP contribution in [0.5, 0.6) is 5.75 Å². The first-order valence-corrected chi connectivity index (χ1v) is 6.99. The molecule has 116 valence electrons. The standard InChI is InChI=1S/C16H19N3O3/c1-4-21-16(20)13-8-18-14(19-15(13)17)9-22-12-6-10(2)5-11(3)7-12/h5-8H,4,9H2,1-3H3,(H2,17,18,19). The second-order valence-electron chi connectivity index (χ2n) is 4.92. The average Bonchev–Trinajstić information content (AvgIpc) is 2.44. The van der Waals surface area contributed by atoms with E-state index in [1.165, 1.54) is 6.20 Å². The third kappa shape index (κ3) is 3.94. The van der Waals surface area contributed by atoms with E-state index >= 15 is 0 Å². The Hall–Kier alpha value is -2.63. The number of aryl methyl sites for hydroxylation is 2. The first-order chi connectivity index (χ1) is 10.5. The lowest BCUT2D eigenvalue weighted by Gasteiger charge is -2.09. The molecule has 6 nitrogen and oxygen atoms in total. The number of aromatic nitrogens is 2. The molecule has 0 aliphatic carbocycles. The molecule has 2 N–H and O–H groups in total. The van der Waals surface area contributed by atoms with Crippen molar-refractivity contribution >= 4 is 11.8 Å². The van der Waals surface area contributed by atoms with Gasteiger partial charge < -0.3 is 15.2 Å². The molecule has 0 unspecified atom stereocenters. The topological polar surface area (TPSA) is 87.3 Å². The number of esters is 1. The molecule has 22 heavy (non-hydrogen) atoms. The molecule has 0 fully saturated rings. The van der Waals surface area contributed by atoms with E-state index in [2.05, 4.69) is 16.0 Å². The largest absolute Gasteiger partial charge is 0.486 e. The van der Waals surface area contributed by atoms with Crippen LogP contribution in [0.3, 0.4) is 0 Å². The normalized spacial score (nSPS) is 10.3. The number of nitrogen functional groups attached to an aromatic ring is 1. The Balaban J connectivity index is 2.07. The predicted molar refractivity (Wildman–Crippen MR) is 82.6 cm³/mol. The minimum atomic E-state index is -0.526. The van der Waals surface area contributed by atoms with E-state index < -0.39 is 5.97 Å². The molecule has 0 saturated carbocycles. The number of carbonyl (C=O) groups excluding carboxylic acids is 1. The molecule has 1 heterocycles. The number of anilines is 1. The molecule has 1 aromatic carbocycles. The minimum Gasteiger partial charge on any atom is -0.486 e. The number of carbonyl (C=O) groups is 1. The second-order valence-corrected chi connectivity index (χ2v) is 4.92.